The summed E-state index contributed by atoms with van der Waals surface area (Å²) in [5.74, 6) is 0.890. The lowest BCUT2D eigenvalue weighted by Gasteiger charge is -2.41. The molecule has 51 heavy (non-hydrogen) atoms. The Hall–Kier alpha value is -3.89. The van der Waals surface area contributed by atoms with Crippen molar-refractivity contribution in [2.45, 2.75) is 38.5 Å². The van der Waals surface area contributed by atoms with Gasteiger partial charge in [-0.1, -0.05) is 48.5 Å². The molecular weight excluding hydrogens is 819 g/mol. The topological polar surface area (TPSA) is 77.5 Å². The second-order valence-electron chi connectivity index (χ2n) is 10.8. The standard InChI is InChI=1S/C26H23F6NO4.C10H11ClO2.HI/c1-2-35-18-8-4-7-17(13-18)22-15-36-24-20(16-6-3-9-19(12-16)37-26(30,31)32)10-5-11-21(24)33(22)14-23(34)25(27,28)29;1-2-13-9-5-3-4-8(6-9)10(12)7-11;/h3-13,22-23,34H,2,14-15H2,1H3;3-6H,2,7H2,1H3;1H. The van der Waals surface area contributed by atoms with Crippen LogP contribution in [0.15, 0.2) is 91.0 Å². The Balaban J connectivity index is 0.000000424. The lowest BCUT2D eigenvalue weighted by Crippen LogP contribution is -2.46. The van der Waals surface area contributed by atoms with Gasteiger partial charge in [-0.25, -0.2) is 0 Å². The minimum absolute atomic E-state index is 0. The van der Waals surface area contributed by atoms with Gasteiger partial charge in [0.25, 0.3) is 0 Å². The van der Waals surface area contributed by atoms with Crippen LogP contribution in [0.25, 0.3) is 11.1 Å². The van der Waals surface area contributed by atoms with E-state index in [1.807, 2.05) is 13.0 Å². The van der Waals surface area contributed by atoms with Gasteiger partial charge in [-0.05, 0) is 67.4 Å². The van der Waals surface area contributed by atoms with Gasteiger partial charge in [0.05, 0.1) is 37.4 Å². The van der Waals surface area contributed by atoms with Gasteiger partial charge in [-0.15, -0.1) is 48.7 Å². The number of ether oxygens (including phenoxy) is 4. The number of ketones is 1. The molecule has 2 unspecified atom stereocenters. The fraction of sp³-hybridized carbons (Fsp3) is 0.306. The minimum Gasteiger partial charge on any atom is -0.494 e. The van der Waals surface area contributed by atoms with Crippen LogP contribution < -0.4 is 23.8 Å². The number of aliphatic hydroxyl groups is 1. The van der Waals surface area contributed by atoms with Crippen molar-refractivity contribution in [1.82, 2.24) is 0 Å². The van der Waals surface area contributed by atoms with Crippen molar-refractivity contribution in [3.8, 4) is 34.1 Å². The average Bonchev–Trinajstić information content (AvgIpc) is 3.07. The van der Waals surface area contributed by atoms with E-state index in [0.29, 0.717) is 47.0 Å². The van der Waals surface area contributed by atoms with Crippen molar-refractivity contribution in [3.05, 3.63) is 102 Å². The van der Waals surface area contributed by atoms with Gasteiger partial charge in [0.1, 0.15) is 23.9 Å². The van der Waals surface area contributed by atoms with Gasteiger partial charge in [0.15, 0.2) is 17.6 Å². The van der Waals surface area contributed by atoms with Crippen LogP contribution in [-0.2, 0) is 0 Å². The maximum atomic E-state index is 13.4. The number of hydrogen-bond donors (Lipinski definition) is 1. The number of benzene rings is 4. The van der Waals surface area contributed by atoms with Crippen LogP contribution in [0.4, 0.5) is 32.0 Å². The molecule has 7 nitrogen and oxygen atoms in total. The molecule has 0 aromatic heterocycles. The first-order chi connectivity index (χ1) is 23.7. The molecule has 276 valence electrons. The molecule has 0 saturated carbocycles. The Morgan fingerprint density at radius 3 is 2.12 bits per heavy atom. The Kier molecular flexibility index (Phi) is 15.1. The molecule has 0 radical (unpaired) electrons. The van der Waals surface area contributed by atoms with Crippen LogP contribution in [-0.4, -0.2) is 61.8 Å². The molecule has 2 atom stereocenters. The molecule has 0 aliphatic carbocycles. The number of carbonyl (C=O) groups excluding carboxylic acids is 1. The number of aliphatic hydroxyl groups excluding tert-OH is 1. The molecule has 1 N–H and O–H groups in total. The van der Waals surface area contributed by atoms with Crippen molar-refractivity contribution >= 4 is 47.0 Å². The Morgan fingerprint density at radius 2 is 1.49 bits per heavy atom. The van der Waals surface area contributed by atoms with Gasteiger partial charge >= 0.3 is 12.5 Å². The number of β-amino-alcohol motifs (C(OH)–C–C–N with tert-alkyl or cyclic N) is 1. The van der Waals surface area contributed by atoms with E-state index in [-0.39, 0.29) is 53.7 Å². The number of para-hydroxylation sites is 1. The van der Waals surface area contributed by atoms with Crippen LogP contribution >= 0.6 is 35.6 Å². The van der Waals surface area contributed by atoms with Gasteiger partial charge in [0, 0.05) is 11.1 Å². The highest BCUT2D eigenvalue weighted by Gasteiger charge is 2.42. The van der Waals surface area contributed by atoms with Crippen molar-refractivity contribution < 1.29 is 55.2 Å². The zero-order valence-electron chi connectivity index (χ0n) is 27.3. The molecule has 1 aliphatic rings. The van der Waals surface area contributed by atoms with Crippen molar-refractivity contribution in [2.24, 2.45) is 0 Å². The summed E-state index contributed by atoms with van der Waals surface area (Å²) in [5.41, 5.74) is 2.13. The van der Waals surface area contributed by atoms with Crippen LogP contribution in [0.2, 0.25) is 0 Å². The summed E-state index contributed by atoms with van der Waals surface area (Å²) in [6.45, 7) is 3.82. The van der Waals surface area contributed by atoms with E-state index < -0.39 is 37.0 Å². The Morgan fingerprint density at radius 1 is 0.882 bits per heavy atom. The van der Waals surface area contributed by atoms with Crippen LogP contribution in [0.1, 0.15) is 35.8 Å². The maximum Gasteiger partial charge on any atom is 0.573 e. The molecule has 5 rings (SSSR count). The van der Waals surface area contributed by atoms with E-state index in [2.05, 4.69) is 4.74 Å². The molecule has 1 heterocycles. The van der Waals surface area contributed by atoms with Crippen molar-refractivity contribution in [1.29, 1.82) is 0 Å². The molecule has 1 aliphatic heterocycles. The SMILES string of the molecule is CCOc1cccc(C(=O)CCl)c1.CCOc1cccc(C2COc3c(-c4cccc(OC(F)(F)F)c4)cccc3N2CC(O)C(F)(F)F)c1.I. The van der Waals surface area contributed by atoms with E-state index in [0.717, 1.165) is 6.07 Å². The third-order valence-electron chi connectivity index (χ3n) is 7.33. The first-order valence-corrected chi connectivity index (χ1v) is 16.0. The summed E-state index contributed by atoms with van der Waals surface area (Å²) in [6.07, 6.45) is -12.4. The van der Waals surface area contributed by atoms with Gasteiger partial charge in [-0.3, -0.25) is 4.79 Å². The van der Waals surface area contributed by atoms with Crippen LogP contribution in [0, 0.1) is 0 Å². The number of anilines is 1. The fourth-order valence-corrected chi connectivity index (χ4v) is 5.34. The Labute approximate surface area is 313 Å². The quantitative estimate of drug-likeness (QED) is 0.0698. The third-order valence-corrected chi connectivity index (χ3v) is 7.58. The van der Waals surface area contributed by atoms with Gasteiger partial charge in [-0.2, -0.15) is 13.2 Å². The molecule has 4 aromatic carbocycles. The monoisotopic (exact) mass is 853 g/mol. The normalized spacial score (nSPS) is 14.5. The largest absolute Gasteiger partial charge is 0.573 e. The zero-order chi connectivity index (χ0) is 36.5. The second-order valence-corrected chi connectivity index (χ2v) is 11.1. The lowest BCUT2D eigenvalue weighted by molar-refractivity contribution is -0.274. The van der Waals surface area contributed by atoms with E-state index in [9.17, 15) is 36.2 Å². The molecule has 0 saturated heterocycles. The summed E-state index contributed by atoms with van der Waals surface area (Å²) in [6, 6.07) is 23.0. The van der Waals surface area contributed by atoms with E-state index in [1.165, 1.54) is 29.2 Å². The number of halogens is 8. The average molecular weight is 854 g/mol. The van der Waals surface area contributed by atoms with Crippen molar-refractivity contribution in [3.63, 3.8) is 0 Å². The molecule has 15 heteroatoms. The van der Waals surface area contributed by atoms with Crippen LogP contribution in [0.3, 0.4) is 0 Å². The van der Waals surface area contributed by atoms with E-state index in [1.54, 1.807) is 61.5 Å². The van der Waals surface area contributed by atoms with Crippen molar-refractivity contribution in [2.75, 3.05) is 37.1 Å². The summed E-state index contributed by atoms with van der Waals surface area (Å²) < 4.78 is 99.0. The first kappa shape index (κ1) is 41.5. The Bertz CT molecular complexity index is 1740. The number of alkyl halides is 7. The number of rotatable bonds is 11. The van der Waals surface area contributed by atoms with Crippen LogP contribution in [0.5, 0.6) is 23.0 Å². The highest BCUT2D eigenvalue weighted by atomic mass is 127. The lowest BCUT2D eigenvalue weighted by atomic mass is 9.98. The molecule has 0 bridgehead atoms. The number of nitrogens with zero attached hydrogens (tertiary/aromatic N) is 1. The number of hydrogen-bond acceptors (Lipinski definition) is 7. The third kappa shape index (κ3) is 11.6. The maximum absolute atomic E-state index is 13.4. The smallest absolute Gasteiger partial charge is 0.494 e. The highest BCUT2D eigenvalue weighted by molar-refractivity contribution is 14.0. The van der Waals surface area contributed by atoms with Gasteiger partial charge < -0.3 is 29.0 Å². The summed E-state index contributed by atoms with van der Waals surface area (Å²) in [5, 5.41) is 9.94. The molecule has 4 aromatic rings. The minimum atomic E-state index is -4.89. The summed E-state index contributed by atoms with van der Waals surface area (Å²) >= 11 is 5.43. The fourth-order valence-electron chi connectivity index (χ4n) is 5.18. The number of Topliss-reactive ketones (excluding diaryl/α,β-unsaturated/α-hetero) is 1. The zero-order valence-corrected chi connectivity index (χ0v) is 30.4. The number of fused-ring (bicyclic) bond motifs is 1. The predicted molar refractivity (Wildman–Crippen MR) is 192 cm³/mol. The highest BCUT2D eigenvalue weighted by Crippen LogP contribution is 2.46. The number of carbonyl (C=O) groups is 1. The summed E-state index contributed by atoms with van der Waals surface area (Å²) in [4.78, 5) is 12.6. The molecule has 0 fully saturated rings. The van der Waals surface area contributed by atoms with E-state index >= 15 is 0 Å². The first-order valence-electron chi connectivity index (χ1n) is 15.4. The molecular formula is C36H35ClF6INO6. The second kappa shape index (κ2) is 18.6. The molecule has 0 amide bonds. The van der Waals surface area contributed by atoms with E-state index in [4.69, 9.17) is 25.8 Å². The molecule has 0 spiro atoms. The predicted octanol–water partition coefficient (Wildman–Crippen LogP) is 9.64. The van der Waals surface area contributed by atoms with Gasteiger partial charge in [0.2, 0.25) is 0 Å². The summed E-state index contributed by atoms with van der Waals surface area (Å²) in [7, 11) is 0.